The Bertz CT molecular complexity index is 660. The molecule has 106 valence electrons. The molecule has 0 fully saturated rings. The van der Waals surface area contributed by atoms with Gasteiger partial charge in [0.15, 0.2) is 0 Å². The molecule has 1 N–H and O–H groups in total. The fraction of sp³-hybridized carbons (Fsp3) is 0.286. The first-order chi connectivity index (χ1) is 9.38. The van der Waals surface area contributed by atoms with E-state index in [2.05, 4.69) is 26.2 Å². The molecular formula is C14H15BrClN3O. The molecule has 0 aliphatic rings. The van der Waals surface area contributed by atoms with Gasteiger partial charge in [-0.3, -0.25) is 4.79 Å². The first kappa shape index (κ1) is 15.1. The van der Waals surface area contributed by atoms with Crippen molar-refractivity contribution in [1.29, 1.82) is 0 Å². The molecular weight excluding hydrogens is 342 g/mol. The first-order valence-electron chi connectivity index (χ1n) is 6.12. The Morgan fingerprint density at radius 2 is 2.10 bits per heavy atom. The Labute approximate surface area is 131 Å². The van der Waals surface area contributed by atoms with Crippen LogP contribution in [0.2, 0.25) is 5.02 Å². The van der Waals surface area contributed by atoms with E-state index in [0.29, 0.717) is 16.4 Å². The molecule has 6 heteroatoms. The molecule has 0 saturated carbocycles. The van der Waals surface area contributed by atoms with Gasteiger partial charge in [-0.2, -0.15) is 0 Å². The molecule has 0 unspecified atom stereocenters. The second-order valence-electron chi connectivity index (χ2n) is 4.75. The summed E-state index contributed by atoms with van der Waals surface area (Å²) in [6.07, 6.45) is 0. The second-order valence-corrected chi connectivity index (χ2v) is 6.08. The first-order valence-corrected chi connectivity index (χ1v) is 7.29. The Morgan fingerprint density at radius 1 is 1.40 bits per heavy atom. The molecule has 2 rings (SSSR count). The molecule has 0 spiro atoms. The lowest BCUT2D eigenvalue weighted by molar-refractivity contribution is -0.129. The zero-order valence-electron chi connectivity index (χ0n) is 11.4. The molecule has 0 radical (unpaired) electrons. The van der Waals surface area contributed by atoms with Gasteiger partial charge in [0.25, 0.3) is 0 Å². The predicted octanol–water partition coefficient (Wildman–Crippen LogP) is 3.54. The number of fused-ring (bicyclic) bond motifs is 1. The van der Waals surface area contributed by atoms with E-state index in [-0.39, 0.29) is 11.9 Å². The Kier molecular flexibility index (Phi) is 4.50. The zero-order valence-corrected chi connectivity index (χ0v) is 13.8. The fourth-order valence-electron chi connectivity index (χ4n) is 1.91. The van der Waals surface area contributed by atoms with Crippen molar-refractivity contribution in [1.82, 2.24) is 9.88 Å². The van der Waals surface area contributed by atoms with Crippen LogP contribution in [0.3, 0.4) is 0 Å². The number of likely N-dealkylation sites (N-methyl/N-ethyl adjacent to an activating group) is 1. The quantitative estimate of drug-likeness (QED) is 0.915. The molecule has 4 nitrogen and oxygen atoms in total. The van der Waals surface area contributed by atoms with E-state index in [9.17, 15) is 4.79 Å². The van der Waals surface area contributed by atoms with Gasteiger partial charge in [0.1, 0.15) is 11.9 Å². The maximum absolute atomic E-state index is 11.8. The number of carbonyl (C=O) groups excluding carboxylic acids is 1. The van der Waals surface area contributed by atoms with Crippen LogP contribution < -0.4 is 5.32 Å². The number of amides is 1. The third kappa shape index (κ3) is 3.22. The Hall–Kier alpha value is -1.33. The Balaban J connectivity index is 2.31. The van der Waals surface area contributed by atoms with Crippen LogP contribution in [0.5, 0.6) is 0 Å². The van der Waals surface area contributed by atoms with E-state index >= 15 is 0 Å². The van der Waals surface area contributed by atoms with Crippen molar-refractivity contribution in [2.75, 3.05) is 19.4 Å². The summed E-state index contributed by atoms with van der Waals surface area (Å²) in [5, 5.41) is 4.60. The predicted molar refractivity (Wildman–Crippen MR) is 86.2 cm³/mol. The summed E-state index contributed by atoms with van der Waals surface area (Å²) in [6.45, 7) is 1.80. The lowest BCUT2D eigenvalue weighted by Gasteiger charge is -2.18. The number of aromatic nitrogens is 1. The van der Waals surface area contributed by atoms with Crippen molar-refractivity contribution in [2.45, 2.75) is 13.0 Å². The van der Waals surface area contributed by atoms with Crippen molar-refractivity contribution in [3.63, 3.8) is 0 Å². The van der Waals surface area contributed by atoms with Crippen LogP contribution in [0.4, 0.5) is 5.82 Å². The number of hydrogen-bond acceptors (Lipinski definition) is 3. The van der Waals surface area contributed by atoms with E-state index in [1.807, 2.05) is 18.2 Å². The number of carbonyl (C=O) groups is 1. The molecule has 0 aliphatic carbocycles. The third-order valence-electron chi connectivity index (χ3n) is 2.89. The minimum Gasteiger partial charge on any atom is -0.359 e. The number of nitrogens with one attached hydrogen (secondary N) is 1. The van der Waals surface area contributed by atoms with Crippen molar-refractivity contribution in [3.8, 4) is 0 Å². The van der Waals surface area contributed by atoms with Gasteiger partial charge in [0.2, 0.25) is 5.91 Å². The minimum absolute atomic E-state index is 0.00574. The molecule has 0 bridgehead atoms. The van der Waals surface area contributed by atoms with Crippen LogP contribution in [0.1, 0.15) is 6.92 Å². The van der Waals surface area contributed by atoms with E-state index < -0.39 is 0 Å². The van der Waals surface area contributed by atoms with Crippen molar-refractivity contribution >= 4 is 50.2 Å². The van der Waals surface area contributed by atoms with Gasteiger partial charge in [0.05, 0.1) is 10.5 Å². The molecule has 1 aromatic carbocycles. The largest absolute Gasteiger partial charge is 0.359 e. The minimum atomic E-state index is -0.343. The third-order valence-corrected chi connectivity index (χ3v) is 3.63. The highest BCUT2D eigenvalue weighted by Gasteiger charge is 2.15. The van der Waals surface area contributed by atoms with Gasteiger partial charge in [-0.1, -0.05) is 27.5 Å². The number of hydrogen-bond donors (Lipinski definition) is 1. The van der Waals surface area contributed by atoms with Crippen molar-refractivity contribution < 1.29 is 4.79 Å². The number of nitrogens with zero attached hydrogens (tertiary/aromatic N) is 2. The summed E-state index contributed by atoms with van der Waals surface area (Å²) in [4.78, 5) is 17.8. The number of rotatable bonds is 3. The van der Waals surface area contributed by atoms with E-state index in [0.717, 1.165) is 9.86 Å². The summed E-state index contributed by atoms with van der Waals surface area (Å²) in [6, 6.07) is 7.17. The smallest absolute Gasteiger partial charge is 0.244 e. The van der Waals surface area contributed by atoms with Gasteiger partial charge in [0, 0.05) is 24.0 Å². The van der Waals surface area contributed by atoms with Crippen LogP contribution in [0.15, 0.2) is 28.7 Å². The molecule has 1 amide bonds. The summed E-state index contributed by atoms with van der Waals surface area (Å²) in [7, 11) is 3.45. The number of benzene rings is 1. The summed E-state index contributed by atoms with van der Waals surface area (Å²) >= 11 is 9.59. The van der Waals surface area contributed by atoms with Crippen LogP contribution in [0.25, 0.3) is 10.9 Å². The summed E-state index contributed by atoms with van der Waals surface area (Å²) in [5.74, 6) is 0.623. The number of pyridine rings is 1. The summed E-state index contributed by atoms with van der Waals surface area (Å²) < 4.78 is 0.911. The van der Waals surface area contributed by atoms with Crippen LogP contribution >= 0.6 is 27.5 Å². The second kappa shape index (κ2) is 5.97. The molecule has 20 heavy (non-hydrogen) atoms. The van der Waals surface area contributed by atoms with Crippen LogP contribution in [0, 0.1) is 0 Å². The van der Waals surface area contributed by atoms with E-state index in [1.54, 1.807) is 32.0 Å². The zero-order chi connectivity index (χ0) is 14.9. The molecule has 0 aliphatic heterocycles. The van der Waals surface area contributed by atoms with Gasteiger partial charge in [-0.25, -0.2) is 4.98 Å². The van der Waals surface area contributed by atoms with Crippen molar-refractivity contribution in [3.05, 3.63) is 33.8 Å². The average molecular weight is 357 g/mol. The van der Waals surface area contributed by atoms with Gasteiger partial charge in [-0.05, 0) is 31.2 Å². The lowest BCUT2D eigenvalue weighted by Crippen LogP contribution is -2.36. The number of anilines is 1. The highest BCUT2D eigenvalue weighted by atomic mass is 79.9. The molecule has 1 heterocycles. The highest BCUT2D eigenvalue weighted by Crippen LogP contribution is 2.27. The fourth-order valence-corrected chi connectivity index (χ4v) is 2.78. The molecule has 1 atom stereocenters. The monoisotopic (exact) mass is 355 g/mol. The van der Waals surface area contributed by atoms with Gasteiger partial charge < -0.3 is 10.2 Å². The van der Waals surface area contributed by atoms with E-state index in [4.69, 9.17) is 11.6 Å². The van der Waals surface area contributed by atoms with Gasteiger partial charge >= 0.3 is 0 Å². The normalized spacial score (nSPS) is 12.2. The number of halogens is 2. The Morgan fingerprint density at radius 3 is 2.75 bits per heavy atom. The lowest BCUT2D eigenvalue weighted by atomic mass is 10.2. The van der Waals surface area contributed by atoms with Crippen molar-refractivity contribution in [2.24, 2.45) is 0 Å². The maximum Gasteiger partial charge on any atom is 0.244 e. The summed E-state index contributed by atoms with van der Waals surface area (Å²) in [5.41, 5.74) is 0.712. The van der Waals surface area contributed by atoms with Crippen LogP contribution in [-0.2, 0) is 4.79 Å². The standard InChI is InChI=1S/C14H15BrClN3O/c1-8(14(20)19(2)3)17-12-5-4-9-6-10(15)7-11(16)13(9)18-12/h4-8H,1-3H3,(H,17,18)/t8-/m0/s1. The molecule has 2 aromatic rings. The topological polar surface area (TPSA) is 45.2 Å². The van der Waals surface area contributed by atoms with Crippen LogP contribution in [-0.4, -0.2) is 35.9 Å². The SMILES string of the molecule is C[C@H](Nc1ccc2cc(Br)cc(Cl)c2n1)C(=O)N(C)C. The molecule has 0 saturated heterocycles. The molecule has 1 aromatic heterocycles. The van der Waals surface area contributed by atoms with Gasteiger partial charge in [-0.15, -0.1) is 0 Å². The average Bonchev–Trinajstić information content (AvgIpc) is 2.38. The highest BCUT2D eigenvalue weighted by molar-refractivity contribution is 9.10. The van der Waals surface area contributed by atoms with E-state index in [1.165, 1.54) is 0 Å². The maximum atomic E-state index is 11.8.